The second-order valence-electron chi connectivity index (χ2n) is 3.31. The lowest BCUT2D eigenvalue weighted by atomic mass is 10.1. The van der Waals surface area contributed by atoms with Gasteiger partial charge in [0.25, 0.3) is 0 Å². The number of carbonyl (C=O) groups is 1. The van der Waals surface area contributed by atoms with Crippen LogP contribution in [0.3, 0.4) is 0 Å². The number of aldehydes is 1. The maximum absolute atomic E-state index is 9.18. The van der Waals surface area contributed by atoms with Crippen LogP contribution in [0.2, 0.25) is 0 Å². The van der Waals surface area contributed by atoms with Gasteiger partial charge in [0.2, 0.25) is 0 Å². The Hall–Kier alpha value is -1.96. The maximum Gasteiger partial charge on any atom is 0.148 e. The molecule has 0 radical (unpaired) electrons. The lowest BCUT2D eigenvalue weighted by molar-refractivity contribution is -0.107. The summed E-state index contributed by atoms with van der Waals surface area (Å²) in [5.74, 6) is 1.34. The zero-order valence-electron chi connectivity index (χ0n) is 9.77. The smallest absolute Gasteiger partial charge is 0.148 e. The van der Waals surface area contributed by atoms with Crippen molar-refractivity contribution in [1.82, 2.24) is 10.2 Å². The number of nitrogens with zero attached hydrogens (tertiary/aromatic N) is 3. The third-order valence-electron chi connectivity index (χ3n) is 1.77. The van der Waals surface area contributed by atoms with E-state index in [1.54, 1.807) is 12.3 Å². The van der Waals surface area contributed by atoms with Gasteiger partial charge in [-0.15, -0.1) is 5.10 Å². The predicted molar refractivity (Wildman–Crippen MR) is 62.0 cm³/mol. The number of rotatable bonds is 3. The average molecular weight is 220 g/mol. The van der Waals surface area contributed by atoms with Crippen molar-refractivity contribution in [2.24, 2.45) is 0 Å². The summed E-state index contributed by atoms with van der Waals surface area (Å²) in [6.45, 7) is 4.27. The fraction of sp³-hybridized carbons (Fsp3) is 0.455. The highest BCUT2D eigenvalue weighted by atomic mass is 16.1. The Morgan fingerprint density at radius 3 is 2.69 bits per heavy atom. The SMILES string of the molecule is CNc1cc(C(C)C)cnn1.N#CCC=O. The standard InChI is InChI=1S/C8H13N3.C3H3NO/c1-6(2)7-4-8(9-3)11-10-5-7;4-2-1-3-5/h4-6H,1-3H3,(H,9,11);3H,1H2. The Morgan fingerprint density at radius 1 is 1.62 bits per heavy atom. The van der Waals surface area contributed by atoms with Gasteiger partial charge in [-0.25, -0.2) is 0 Å². The van der Waals surface area contributed by atoms with E-state index in [2.05, 4.69) is 29.4 Å². The molecule has 0 fully saturated rings. The second-order valence-corrected chi connectivity index (χ2v) is 3.31. The van der Waals surface area contributed by atoms with Crippen LogP contribution in [0.4, 0.5) is 5.82 Å². The number of hydrogen-bond acceptors (Lipinski definition) is 5. The fourth-order valence-electron chi connectivity index (χ4n) is 0.857. The van der Waals surface area contributed by atoms with E-state index in [9.17, 15) is 4.79 Å². The van der Waals surface area contributed by atoms with Gasteiger partial charge in [-0.2, -0.15) is 10.4 Å². The van der Waals surface area contributed by atoms with Crippen LogP contribution in [0.5, 0.6) is 0 Å². The van der Waals surface area contributed by atoms with E-state index < -0.39 is 0 Å². The second kappa shape index (κ2) is 8.36. The average Bonchev–Trinajstić information content (AvgIpc) is 2.31. The van der Waals surface area contributed by atoms with E-state index in [1.807, 2.05) is 13.1 Å². The Labute approximate surface area is 95.5 Å². The van der Waals surface area contributed by atoms with Gasteiger partial charge in [-0.05, 0) is 17.5 Å². The topological polar surface area (TPSA) is 78.7 Å². The largest absolute Gasteiger partial charge is 0.372 e. The normalized spacial score (nSPS) is 8.69. The number of anilines is 1. The Balaban J connectivity index is 0.000000385. The molecule has 16 heavy (non-hydrogen) atoms. The van der Waals surface area contributed by atoms with Gasteiger partial charge in [0.1, 0.15) is 12.1 Å². The van der Waals surface area contributed by atoms with E-state index in [0.29, 0.717) is 12.2 Å². The van der Waals surface area contributed by atoms with Crippen molar-refractivity contribution in [3.63, 3.8) is 0 Å². The molecule has 0 saturated heterocycles. The third-order valence-corrected chi connectivity index (χ3v) is 1.77. The monoisotopic (exact) mass is 220 g/mol. The molecule has 0 aromatic carbocycles. The molecule has 1 aromatic rings. The van der Waals surface area contributed by atoms with Crippen molar-refractivity contribution >= 4 is 12.1 Å². The summed E-state index contributed by atoms with van der Waals surface area (Å²) in [6.07, 6.45) is 2.38. The maximum atomic E-state index is 9.18. The summed E-state index contributed by atoms with van der Waals surface area (Å²) in [4.78, 5) is 9.18. The predicted octanol–water partition coefficient (Wildman–Crippen LogP) is 1.74. The molecule has 5 heteroatoms. The number of hydrogen-bond donors (Lipinski definition) is 1. The van der Waals surface area contributed by atoms with Gasteiger partial charge in [0, 0.05) is 7.05 Å². The van der Waals surface area contributed by atoms with E-state index >= 15 is 0 Å². The van der Waals surface area contributed by atoms with Crippen LogP contribution in [-0.4, -0.2) is 23.5 Å². The number of aromatic nitrogens is 2. The Morgan fingerprint density at radius 2 is 2.31 bits per heavy atom. The van der Waals surface area contributed by atoms with Crippen molar-refractivity contribution in [3.8, 4) is 6.07 Å². The molecule has 0 aliphatic rings. The summed E-state index contributed by atoms with van der Waals surface area (Å²) in [5.41, 5.74) is 1.21. The molecule has 1 heterocycles. The number of carbonyl (C=O) groups excluding carboxylic acids is 1. The fourth-order valence-corrected chi connectivity index (χ4v) is 0.857. The molecule has 0 atom stereocenters. The molecule has 1 aromatic heterocycles. The summed E-state index contributed by atoms with van der Waals surface area (Å²) in [5, 5.41) is 18.3. The Kier molecular flexibility index (Phi) is 7.33. The van der Waals surface area contributed by atoms with E-state index in [4.69, 9.17) is 5.26 Å². The highest BCUT2D eigenvalue weighted by Gasteiger charge is 1.99. The molecule has 0 aliphatic carbocycles. The first-order chi connectivity index (χ1) is 7.65. The molecule has 86 valence electrons. The molecule has 0 unspecified atom stereocenters. The van der Waals surface area contributed by atoms with Crippen LogP contribution in [-0.2, 0) is 4.79 Å². The number of nitriles is 1. The highest BCUT2D eigenvalue weighted by molar-refractivity contribution is 5.52. The number of nitrogens with one attached hydrogen (secondary N) is 1. The lowest BCUT2D eigenvalue weighted by Gasteiger charge is -2.04. The van der Waals surface area contributed by atoms with E-state index in [0.717, 1.165) is 5.82 Å². The van der Waals surface area contributed by atoms with Gasteiger partial charge in [-0.1, -0.05) is 13.8 Å². The Bertz CT molecular complexity index is 357. The van der Waals surface area contributed by atoms with Crippen LogP contribution < -0.4 is 5.32 Å². The molecule has 5 nitrogen and oxygen atoms in total. The molecule has 0 amide bonds. The van der Waals surface area contributed by atoms with Crippen molar-refractivity contribution in [3.05, 3.63) is 17.8 Å². The zero-order valence-corrected chi connectivity index (χ0v) is 9.77. The van der Waals surface area contributed by atoms with Crippen LogP contribution in [0.25, 0.3) is 0 Å². The van der Waals surface area contributed by atoms with Gasteiger partial charge in [0.05, 0.1) is 18.7 Å². The highest BCUT2D eigenvalue weighted by Crippen LogP contribution is 2.14. The van der Waals surface area contributed by atoms with Gasteiger partial charge < -0.3 is 10.1 Å². The van der Waals surface area contributed by atoms with Crippen LogP contribution in [0.15, 0.2) is 12.3 Å². The minimum Gasteiger partial charge on any atom is -0.372 e. The van der Waals surface area contributed by atoms with Crippen LogP contribution >= 0.6 is 0 Å². The van der Waals surface area contributed by atoms with Crippen molar-refractivity contribution in [1.29, 1.82) is 5.26 Å². The van der Waals surface area contributed by atoms with Gasteiger partial charge in [-0.3, -0.25) is 0 Å². The third kappa shape index (κ3) is 5.70. The molecular weight excluding hydrogens is 204 g/mol. The van der Waals surface area contributed by atoms with Gasteiger partial charge in [0.15, 0.2) is 0 Å². The van der Waals surface area contributed by atoms with Crippen LogP contribution in [0.1, 0.15) is 31.7 Å². The first-order valence-electron chi connectivity index (χ1n) is 4.96. The molecular formula is C11H16N4O. The molecule has 1 rings (SSSR count). The molecule has 0 aliphatic heterocycles. The molecule has 0 saturated carbocycles. The summed E-state index contributed by atoms with van der Waals surface area (Å²) in [7, 11) is 1.84. The summed E-state index contributed by atoms with van der Waals surface area (Å²) < 4.78 is 0. The minimum absolute atomic E-state index is 0.0139. The first-order valence-corrected chi connectivity index (χ1v) is 4.96. The summed E-state index contributed by atoms with van der Waals surface area (Å²) in [6, 6.07) is 3.66. The van der Waals surface area contributed by atoms with Gasteiger partial charge >= 0.3 is 0 Å². The van der Waals surface area contributed by atoms with E-state index in [1.165, 1.54) is 5.56 Å². The molecule has 0 spiro atoms. The zero-order chi connectivity index (χ0) is 12.4. The minimum atomic E-state index is 0.0139. The molecule has 0 bridgehead atoms. The quantitative estimate of drug-likeness (QED) is 0.785. The summed E-state index contributed by atoms with van der Waals surface area (Å²) >= 11 is 0. The van der Waals surface area contributed by atoms with Crippen LogP contribution in [0, 0.1) is 11.3 Å². The van der Waals surface area contributed by atoms with Crippen molar-refractivity contribution in [2.45, 2.75) is 26.2 Å². The van der Waals surface area contributed by atoms with Crippen molar-refractivity contribution < 1.29 is 4.79 Å². The van der Waals surface area contributed by atoms with Crippen molar-refractivity contribution in [2.75, 3.05) is 12.4 Å². The first kappa shape index (κ1) is 14.0. The lowest BCUT2D eigenvalue weighted by Crippen LogP contribution is -1.97. The van der Waals surface area contributed by atoms with E-state index in [-0.39, 0.29) is 6.42 Å². The molecule has 1 N–H and O–H groups in total.